The average molecular weight is 293 g/mol. The van der Waals surface area contributed by atoms with E-state index in [0.717, 1.165) is 41.4 Å². The molecule has 6 atom stereocenters. The molecule has 0 bridgehead atoms. The number of unbranched alkanes of at least 4 members (excludes halogenated alkanes) is 1. The molecule has 0 aliphatic heterocycles. The maximum atomic E-state index is 4.11. The molecule has 21 heavy (non-hydrogen) atoms. The lowest BCUT2D eigenvalue weighted by Gasteiger charge is -2.30. The Balaban J connectivity index is 2.40. The number of hydrogen-bond donors (Lipinski definition) is 0. The third-order valence-corrected chi connectivity index (χ3v) is 6.18. The van der Waals surface area contributed by atoms with Crippen molar-refractivity contribution in [1.82, 2.24) is 0 Å². The molecule has 0 heteroatoms. The number of allylic oxidation sites excluding steroid dienone is 1. The van der Waals surface area contributed by atoms with Gasteiger partial charge in [-0.1, -0.05) is 66.9 Å². The quantitative estimate of drug-likeness (QED) is 0.318. The fraction of sp³-hybridized carbons (Fsp3) is 0.905. The summed E-state index contributed by atoms with van der Waals surface area (Å²) in [7, 11) is 0. The minimum absolute atomic E-state index is 0.738. The summed E-state index contributed by atoms with van der Waals surface area (Å²) in [6.07, 6.45) is 10.5. The topological polar surface area (TPSA) is 0 Å². The molecule has 0 radical (unpaired) electrons. The van der Waals surface area contributed by atoms with Crippen molar-refractivity contribution in [3.8, 4) is 0 Å². The first-order valence-electron chi connectivity index (χ1n) is 9.49. The highest BCUT2D eigenvalue weighted by Gasteiger charge is 2.38. The van der Waals surface area contributed by atoms with Crippen LogP contribution in [0.4, 0.5) is 0 Å². The summed E-state index contributed by atoms with van der Waals surface area (Å²) in [5.41, 5.74) is 0. The van der Waals surface area contributed by atoms with Gasteiger partial charge in [-0.25, -0.2) is 0 Å². The van der Waals surface area contributed by atoms with Gasteiger partial charge in [-0.2, -0.15) is 0 Å². The van der Waals surface area contributed by atoms with E-state index in [4.69, 9.17) is 0 Å². The maximum absolute atomic E-state index is 4.11. The summed E-state index contributed by atoms with van der Waals surface area (Å²) in [6.45, 7) is 18.7. The van der Waals surface area contributed by atoms with Crippen molar-refractivity contribution < 1.29 is 0 Å². The number of hydrogen-bond acceptors (Lipinski definition) is 0. The van der Waals surface area contributed by atoms with E-state index < -0.39 is 0 Å². The highest BCUT2D eigenvalue weighted by Crippen LogP contribution is 2.46. The Morgan fingerprint density at radius 2 is 1.62 bits per heavy atom. The molecule has 124 valence electrons. The van der Waals surface area contributed by atoms with Gasteiger partial charge in [0.2, 0.25) is 0 Å². The molecule has 1 aliphatic carbocycles. The van der Waals surface area contributed by atoms with Gasteiger partial charge in [0, 0.05) is 0 Å². The van der Waals surface area contributed by atoms with Gasteiger partial charge in [0.05, 0.1) is 0 Å². The van der Waals surface area contributed by atoms with Crippen LogP contribution >= 0.6 is 0 Å². The van der Waals surface area contributed by atoms with Crippen LogP contribution in [0.25, 0.3) is 0 Å². The Morgan fingerprint density at radius 3 is 2.10 bits per heavy atom. The second kappa shape index (κ2) is 9.01. The molecule has 0 N–H and O–H groups in total. The van der Waals surface area contributed by atoms with Crippen molar-refractivity contribution in [3.63, 3.8) is 0 Å². The van der Waals surface area contributed by atoms with Crippen LogP contribution in [-0.4, -0.2) is 0 Å². The highest BCUT2D eigenvalue weighted by molar-refractivity contribution is 4.90. The van der Waals surface area contributed by atoms with E-state index in [1.807, 2.05) is 0 Å². The van der Waals surface area contributed by atoms with Crippen molar-refractivity contribution in [2.45, 2.75) is 80.1 Å². The molecule has 0 nitrogen and oxygen atoms in total. The third kappa shape index (κ3) is 5.80. The SMILES string of the molecule is C=CC(CCCCC(C)C)CC(C)C1C(C)CC(C)C1C. The summed E-state index contributed by atoms with van der Waals surface area (Å²) in [4.78, 5) is 0. The lowest BCUT2D eigenvalue weighted by Crippen LogP contribution is -2.23. The molecule has 1 rings (SSSR count). The van der Waals surface area contributed by atoms with Gasteiger partial charge in [0.25, 0.3) is 0 Å². The standard InChI is InChI=1S/C21H40/c1-8-20(12-10-9-11-15(2)3)14-18(6)21-17(5)13-16(4)19(21)7/h8,15-21H,1,9-14H2,2-7H3. The van der Waals surface area contributed by atoms with Gasteiger partial charge in [0.15, 0.2) is 0 Å². The van der Waals surface area contributed by atoms with Crippen molar-refractivity contribution >= 4 is 0 Å². The third-order valence-electron chi connectivity index (χ3n) is 6.18. The lowest BCUT2D eigenvalue weighted by atomic mass is 9.75. The average Bonchev–Trinajstić information content (AvgIpc) is 2.66. The Kier molecular flexibility index (Phi) is 8.06. The van der Waals surface area contributed by atoms with Gasteiger partial charge < -0.3 is 0 Å². The van der Waals surface area contributed by atoms with E-state index in [1.165, 1.54) is 38.5 Å². The van der Waals surface area contributed by atoms with E-state index in [2.05, 4.69) is 54.2 Å². The molecule has 1 fully saturated rings. The first-order chi connectivity index (χ1) is 9.86. The molecule has 0 aromatic carbocycles. The minimum Gasteiger partial charge on any atom is -0.103 e. The number of rotatable bonds is 9. The Hall–Kier alpha value is -0.260. The van der Waals surface area contributed by atoms with Gasteiger partial charge in [-0.3, -0.25) is 0 Å². The highest BCUT2D eigenvalue weighted by atomic mass is 14.4. The van der Waals surface area contributed by atoms with E-state index >= 15 is 0 Å². The van der Waals surface area contributed by atoms with Crippen LogP contribution in [0, 0.1) is 41.4 Å². The molecule has 1 aliphatic rings. The fourth-order valence-corrected chi connectivity index (χ4v) is 4.86. The van der Waals surface area contributed by atoms with Crippen LogP contribution in [0.2, 0.25) is 0 Å². The summed E-state index contributed by atoms with van der Waals surface area (Å²) in [5, 5.41) is 0. The summed E-state index contributed by atoms with van der Waals surface area (Å²) < 4.78 is 0. The summed E-state index contributed by atoms with van der Waals surface area (Å²) in [6, 6.07) is 0. The first-order valence-corrected chi connectivity index (χ1v) is 9.49. The van der Waals surface area contributed by atoms with E-state index in [1.54, 1.807) is 0 Å². The zero-order valence-electron chi connectivity index (χ0n) is 15.6. The summed E-state index contributed by atoms with van der Waals surface area (Å²) in [5.74, 6) is 6.11. The molecule has 0 aromatic rings. The minimum atomic E-state index is 0.738. The van der Waals surface area contributed by atoms with Crippen LogP contribution in [0.15, 0.2) is 12.7 Å². The van der Waals surface area contributed by atoms with Gasteiger partial charge in [-0.05, 0) is 60.7 Å². The Morgan fingerprint density at radius 1 is 1.00 bits per heavy atom. The van der Waals surface area contributed by atoms with E-state index in [0.29, 0.717) is 0 Å². The second-order valence-electron chi connectivity index (χ2n) is 8.51. The molecule has 0 aromatic heterocycles. The molecule has 0 spiro atoms. The van der Waals surface area contributed by atoms with Gasteiger partial charge in [0.1, 0.15) is 0 Å². The van der Waals surface area contributed by atoms with Crippen LogP contribution in [0.5, 0.6) is 0 Å². The van der Waals surface area contributed by atoms with Crippen LogP contribution in [0.1, 0.15) is 80.1 Å². The zero-order valence-corrected chi connectivity index (χ0v) is 15.6. The second-order valence-corrected chi connectivity index (χ2v) is 8.51. The monoisotopic (exact) mass is 292 g/mol. The molecular formula is C21H40. The van der Waals surface area contributed by atoms with Crippen molar-refractivity contribution in [2.24, 2.45) is 41.4 Å². The summed E-state index contributed by atoms with van der Waals surface area (Å²) >= 11 is 0. The predicted molar refractivity (Wildman–Crippen MR) is 96.4 cm³/mol. The van der Waals surface area contributed by atoms with Crippen molar-refractivity contribution in [1.29, 1.82) is 0 Å². The molecule has 0 heterocycles. The zero-order chi connectivity index (χ0) is 16.0. The van der Waals surface area contributed by atoms with Crippen LogP contribution in [-0.2, 0) is 0 Å². The molecule has 0 saturated heterocycles. The Labute approximate surface area is 134 Å². The van der Waals surface area contributed by atoms with E-state index in [9.17, 15) is 0 Å². The first kappa shape index (κ1) is 18.8. The fourth-order valence-electron chi connectivity index (χ4n) is 4.86. The van der Waals surface area contributed by atoms with Gasteiger partial charge in [-0.15, -0.1) is 6.58 Å². The smallest absolute Gasteiger partial charge is 0.0234 e. The maximum Gasteiger partial charge on any atom is -0.0234 e. The lowest BCUT2D eigenvalue weighted by molar-refractivity contribution is 0.200. The largest absolute Gasteiger partial charge is 0.103 e. The van der Waals surface area contributed by atoms with Gasteiger partial charge >= 0.3 is 0 Å². The predicted octanol–water partition coefficient (Wildman–Crippen LogP) is 6.96. The van der Waals surface area contributed by atoms with Crippen molar-refractivity contribution in [2.75, 3.05) is 0 Å². The normalized spacial score (nSPS) is 32.3. The Bertz CT molecular complexity index is 290. The van der Waals surface area contributed by atoms with Crippen molar-refractivity contribution in [3.05, 3.63) is 12.7 Å². The van der Waals surface area contributed by atoms with Crippen LogP contribution < -0.4 is 0 Å². The molecule has 1 saturated carbocycles. The van der Waals surface area contributed by atoms with E-state index in [-0.39, 0.29) is 0 Å². The molecule has 6 unspecified atom stereocenters. The molecular weight excluding hydrogens is 252 g/mol. The van der Waals surface area contributed by atoms with Crippen LogP contribution in [0.3, 0.4) is 0 Å². The molecule has 0 amide bonds.